The molecule has 8 heteroatoms. The van der Waals surface area contributed by atoms with Crippen LogP contribution in [0.1, 0.15) is 42.1 Å². The predicted molar refractivity (Wildman–Crippen MR) is 80.4 cm³/mol. The number of nitrogens with one attached hydrogen (secondary N) is 1. The molecular weight excluding hydrogens is 298 g/mol. The molecule has 0 bridgehead atoms. The number of hydrogen-bond acceptors (Lipinski definition) is 5. The second-order valence-corrected chi connectivity index (χ2v) is 5.60. The van der Waals surface area contributed by atoms with Crippen LogP contribution < -0.4 is 5.32 Å². The molecule has 0 radical (unpaired) electrons. The number of carbonyl (C=O) groups excluding carboxylic acids is 2. The second-order valence-electron chi connectivity index (χ2n) is 5.60. The van der Waals surface area contributed by atoms with Gasteiger partial charge in [0.2, 0.25) is 5.91 Å². The zero-order chi connectivity index (χ0) is 16.2. The number of likely N-dealkylation sites (tertiary alicyclic amines) is 1. The third-order valence-corrected chi connectivity index (χ3v) is 3.88. The van der Waals surface area contributed by atoms with E-state index in [1.807, 2.05) is 0 Å². The molecule has 1 aliphatic rings. The molecule has 1 saturated heterocycles. The third kappa shape index (κ3) is 3.58. The minimum absolute atomic E-state index is 0.135. The highest BCUT2D eigenvalue weighted by Crippen LogP contribution is 2.22. The van der Waals surface area contributed by atoms with Crippen molar-refractivity contribution in [2.75, 3.05) is 13.1 Å². The molecule has 2 aromatic heterocycles. The summed E-state index contributed by atoms with van der Waals surface area (Å²) in [6, 6.07) is 3.50. The molecule has 0 aliphatic carbocycles. The van der Waals surface area contributed by atoms with Crippen LogP contribution in [0.5, 0.6) is 0 Å². The van der Waals surface area contributed by atoms with Crippen molar-refractivity contribution in [1.82, 2.24) is 25.0 Å². The van der Waals surface area contributed by atoms with Crippen molar-refractivity contribution < 1.29 is 14.0 Å². The summed E-state index contributed by atoms with van der Waals surface area (Å²) in [6.07, 6.45) is 5.06. The molecule has 2 amide bonds. The summed E-state index contributed by atoms with van der Waals surface area (Å²) in [5, 5.41) is 6.80. The van der Waals surface area contributed by atoms with Crippen LogP contribution in [0.15, 0.2) is 29.2 Å². The van der Waals surface area contributed by atoms with Gasteiger partial charge in [-0.25, -0.2) is 9.67 Å². The maximum absolute atomic E-state index is 12.6. The Morgan fingerprint density at radius 2 is 2.30 bits per heavy atom. The lowest BCUT2D eigenvalue weighted by Gasteiger charge is -2.32. The smallest absolute Gasteiger partial charge is 0.289 e. The van der Waals surface area contributed by atoms with Crippen LogP contribution in [0.3, 0.4) is 0 Å². The Labute approximate surface area is 133 Å². The Balaban J connectivity index is 1.64. The number of amides is 2. The van der Waals surface area contributed by atoms with Gasteiger partial charge < -0.3 is 14.6 Å². The molecule has 2 aromatic rings. The fourth-order valence-electron chi connectivity index (χ4n) is 2.72. The van der Waals surface area contributed by atoms with Gasteiger partial charge in [-0.15, -0.1) is 0 Å². The van der Waals surface area contributed by atoms with Crippen molar-refractivity contribution >= 4 is 11.8 Å². The van der Waals surface area contributed by atoms with E-state index in [1.54, 1.807) is 28.0 Å². The van der Waals surface area contributed by atoms with E-state index in [0.717, 1.165) is 12.8 Å². The summed E-state index contributed by atoms with van der Waals surface area (Å²) in [7, 11) is 0. The summed E-state index contributed by atoms with van der Waals surface area (Å²) < 4.78 is 7.33. The van der Waals surface area contributed by atoms with Crippen LogP contribution in [0.25, 0.3) is 0 Å². The van der Waals surface area contributed by atoms with E-state index in [2.05, 4.69) is 15.4 Å². The zero-order valence-electron chi connectivity index (χ0n) is 12.9. The Morgan fingerprint density at radius 1 is 1.43 bits per heavy atom. The van der Waals surface area contributed by atoms with E-state index in [-0.39, 0.29) is 24.4 Å². The Morgan fingerprint density at radius 3 is 3.04 bits per heavy atom. The normalized spacial score (nSPS) is 18.0. The van der Waals surface area contributed by atoms with Gasteiger partial charge in [-0.1, -0.05) is 0 Å². The third-order valence-electron chi connectivity index (χ3n) is 3.88. The molecule has 0 unspecified atom stereocenters. The van der Waals surface area contributed by atoms with Gasteiger partial charge in [0, 0.05) is 20.0 Å². The number of rotatable bonds is 4. The molecule has 3 heterocycles. The van der Waals surface area contributed by atoms with Gasteiger partial charge >= 0.3 is 0 Å². The van der Waals surface area contributed by atoms with Crippen molar-refractivity contribution in [1.29, 1.82) is 0 Å². The number of carbonyl (C=O) groups is 2. The first-order valence-electron chi connectivity index (χ1n) is 7.60. The molecule has 1 fully saturated rings. The number of nitrogens with zero attached hydrogens (tertiary/aromatic N) is 4. The quantitative estimate of drug-likeness (QED) is 0.907. The molecule has 1 aliphatic heterocycles. The lowest BCUT2D eigenvalue weighted by atomic mass is 10.1. The molecule has 8 nitrogen and oxygen atoms in total. The van der Waals surface area contributed by atoms with E-state index in [0.29, 0.717) is 24.6 Å². The summed E-state index contributed by atoms with van der Waals surface area (Å²) in [5.74, 6) is 0.586. The van der Waals surface area contributed by atoms with Crippen molar-refractivity contribution in [3.05, 3.63) is 36.3 Å². The van der Waals surface area contributed by atoms with E-state index in [9.17, 15) is 9.59 Å². The van der Waals surface area contributed by atoms with Crippen LogP contribution in [0.2, 0.25) is 0 Å². The molecule has 3 rings (SSSR count). The standard InChI is InChI=1S/C15H19N5O3/c1-11(21)17-7-13-4-5-14(23-13)15(22)19-6-2-3-12(8-19)20-10-16-9-18-20/h4-5,9-10,12H,2-3,6-8H2,1H3,(H,17,21)/t12-/m1/s1. The molecule has 0 saturated carbocycles. The van der Waals surface area contributed by atoms with E-state index >= 15 is 0 Å². The highest BCUT2D eigenvalue weighted by molar-refractivity contribution is 5.91. The van der Waals surface area contributed by atoms with Gasteiger partial charge in [-0.05, 0) is 25.0 Å². The molecular formula is C15H19N5O3. The van der Waals surface area contributed by atoms with Gasteiger partial charge in [0.25, 0.3) is 5.91 Å². The van der Waals surface area contributed by atoms with E-state index < -0.39 is 0 Å². The number of aromatic nitrogens is 3. The lowest BCUT2D eigenvalue weighted by molar-refractivity contribution is -0.119. The van der Waals surface area contributed by atoms with Crippen LogP contribution >= 0.6 is 0 Å². The van der Waals surface area contributed by atoms with Crippen LogP contribution in [-0.4, -0.2) is 44.6 Å². The molecule has 0 spiro atoms. The van der Waals surface area contributed by atoms with Gasteiger partial charge in [-0.2, -0.15) is 5.10 Å². The van der Waals surface area contributed by atoms with Crippen molar-refractivity contribution in [3.63, 3.8) is 0 Å². The fourth-order valence-corrected chi connectivity index (χ4v) is 2.72. The predicted octanol–water partition coefficient (Wildman–Crippen LogP) is 0.984. The Hall–Kier alpha value is -2.64. The second kappa shape index (κ2) is 6.64. The molecule has 0 aromatic carbocycles. The van der Waals surface area contributed by atoms with Gasteiger partial charge in [0.1, 0.15) is 18.4 Å². The largest absolute Gasteiger partial charge is 0.454 e. The SMILES string of the molecule is CC(=O)NCc1ccc(C(=O)N2CCC[C@@H](n3cncn3)C2)o1. The molecule has 122 valence electrons. The summed E-state index contributed by atoms with van der Waals surface area (Å²) >= 11 is 0. The monoisotopic (exact) mass is 317 g/mol. The summed E-state index contributed by atoms with van der Waals surface area (Å²) in [5.41, 5.74) is 0. The van der Waals surface area contributed by atoms with Crippen LogP contribution in [-0.2, 0) is 11.3 Å². The van der Waals surface area contributed by atoms with Crippen molar-refractivity contribution in [3.8, 4) is 0 Å². The van der Waals surface area contributed by atoms with Crippen molar-refractivity contribution in [2.45, 2.75) is 32.4 Å². The van der Waals surface area contributed by atoms with Crippen LogP contribution in [0.4, 0.5) is 0 Å². The average molecular weight is 317 g/mol. The number of hydrogen-bond donors (Lipinski definition) is 1. The number of piperidine rings is 1. The van der Waals surface area contributed by atoms with E-state index in [4.69, 9.17) is 4.42 Å². The highest BCUT2D eigenvalue weighted by atomic mass is 16.4. The van der Waals surface area contributed by atoms with E-state index in [1.165, 1.54) is 13.3 Å². The maximum atomic E-state index is 12.6. The van der Waals surface area contributed by atoms with Gasteiger partial charge in [-0.3, -0.25) is 9.59 Å². The van der Waals surface area contributed by atoms with Gasteiger partial charge in [0.15, 0.2) is 5.76 Å². The fraction of sp³-hybridized carbons (Fsp3) is 0.467. The highest BCUT2D eigenvalue weighted by Gasteiger charge is 2.27. The average Bonchev–Trinajstić information content (AvgIpc) is 3.24. The molecule has 23 heavy (non-hydrogen) atoms. The Bertz CT molecular complexity index is 679. The topological polar surface area (TPSA) is 93.3 Å². The molecule has 1 N–H and O–H groups in total. The summed E-state index contributed by atoms with van der Waals surface area (Å²) in [4.78, 5) is 29.2. The number of furan rings is 1. The zero-order valence-corrected chi connectivity index (χ0v) is 12.9. The lowest BCUT2D eigenvalue weighted by Crippen LogP contribution is -2.40. The molecule has 1 atom stereocenters. The first-order valence-corrected chi connectivity index (χ1v) is 7.60. The first-order chi connectivity index (χ1) is 11.1. The van der Waals surface area contributed by atoms with Crippen molar-refractivity contribution in [2.24, 2.45) is 0 Å². The van der Waals surface area contributed by atoms with Gasteiger partial charge in [0.05, 0.1) is 12.6 Å². The first kappa shape index (κ1) is 15.3. The summed E-state index contributed by atoms with van der Waals surface area (Å²) in [6.45, 7) is 3.01. The Kier molecular flexibility index (Phi) is 4.40. The van der Waals surface area contributed by atoms with Crippen LogP contribution in [0, 0.1) is 0 Å². The maximum Gasteiger partial charge on any atom is 0.289 e. The minimum atomic E-state index is -0.138. The minimum Gasteiger partial charge on any atom is -0.454 e.